The van der Waals surface area contributed by atoms with E-state index in [0.29, 0.717) is 6.54 Å². The third kappa shape index (κ3) is 4.31. The van der Waals surface area contributed by atoms with Crippen LogP contribution >= 0.6 is 0 Å². The molecule has 0 unspecified atom stereocenters. The van der Waals surface area contributed by atoms with Gasteiger partial charge in [0.15, 0.2) is 0 Å². The molecule has 0 bridgehead atoms. The lowest BCUT2D eigenvalue weighted by Crippen LogP contribution is -2.16. The van der Waals surface area contributed by atoms with Crippen molar-refractivity contribution in [2.45, 2.75) is 20.4 Å². The highest BCUT2D eigenvalue weighted by Gasteiger charge is 2.08. The van der Waals surface area contributed by atoms with Crippen molar-refractivity contribution in [2.24, 2.45) is 5.10 Å². The second-order valence-corrected chi connectivity index (χ2v) is 6.33. The molecule has 0 spiro atoms. The van der Waals surface area contributed by atoms with E-state index < -0.39 is 0 Å². The van der Waals surface area contributed by atoms with Gasteiger partial charge in [-0.3, -0.25) is 5.01 Å². The number of hydrogen-bond donors (Lipinski definition) is 0. The molecule has 0 radical (unpaired) electrons. The van der Waals surface area contributed by atoms with E-state index in [9.17, 15) is 0 Å². The number of anilines is 1. The topological polar surface area (TPSA) is 24.8 Å². The molecule has 0 aliphatic heterocycles. The molecule has 0 amide bonds. The molecule has 26 heavy (non-hydrogen) atoms. The molecule has 0 heterocycles. The minimum absolute atomic E-state index is 0.703. The highest BCUT2D eigenvalue weighted by molar-refractivity contribution is 5.85. The van der Waals surface area contributed by atoms with E-state index in [0.717, 1.165) is 22.6 Å². The van der Waals surface area contributed by atoms with Gasteiger partial charge >= 0.3 is 0 Å². The van der Waals surface area contributed by atoms with Crippen LogP contribution in [0.15, 0.2) is 77.9 Å². The Bertz CT molecular complexity index is 873. The van der Waals surface area contributed by atoms with Crippen molar-refractivity contribution >= 4 is 11.9 Å². The Labute approximate surface area is 155 Å². The van der Waals surface area contributed by atoms with Crippen LogP contribution in [0.4, 0.5) is 5.69 Å². The third-order valence-corrected chi connectivity index (χ3v) is 4.22. The number of hydrazone groups is 1. The monoisotopic (exact) mass is 344 g/mol. The number of rotatable bonds is 6. The summed E-state index contributed by atoms with van der Waals surface area (Å²) in [6.07, 6.45) is 1.88. The fourth-order valence-corrected chi connectivity index (χ4v) is 3.05. The van der Waals surface area contributed by atoms with Gasteiger partial charge in [-0.1, -0.05) is 54.6 Å². The Morgan fingerprint density at radius 2 is 1.58 bits per heavy atom. The van der Waals surface area contributed by atoms with E-state index in [4.69, 9.17) is 9.84 Å². The molecule has 0 saturated carbocycles. The number of methoxy groups -OCH3 is 1. The number of hydrogen-bond acceptors (Lipinski definition) is 3. The van der Waals surface area contributed by atoms with E-state index in [-0.39, 0.29) is 0 Å². The van der Waals surface area contributed by atoms with Gasteiger partial charge in [-0.2, -0.15) is 5.10 Å². The Kier molecular flexibility index (Phi) is 5.69. The first-order valence-electron chi connectivity index (χ1n) is 8.73. The summed E-state index contributed by atoms with van der Waals surface area (Å²) in [6, 6.07) is 24.8. The fraction of sp³-hybridized carbons (Fsp3) is 0.174. The lowest BCUT2D eigenvalue weighted by atomic mass is 10.1. The molecule has 0 atom stereocenters. The highest BCUT2D eigenvalue weighted by atomic mass is 16.5. The van der Waals surface area contributed by atoms with E-state index in [1.54, 1.807) is 7.11 Å². The van der Waals surface area contributed by atoms with Crippen molar-refractivity contribution in [1.29, 1.82) is 0 Å². The average Bonchev–Trinajstić information content (AvgIpc) is 2.66. The van der Waals surface area contributed by atoms with Crippen molar-refractivity contribution in [3.63, 3.8) is 0 Å². The number of benzene rings is 3. The maximum absolute atomic E-state index is 5.58. The number of nitrogens with zero attached hydrogens (tertiary/aromatic N) is 2. The molecule has 3 nitrogen and oxygen atoms in total. The van der Waals surface area contributed by atoms with Gasteiger partial charge in [0.1, 0.15) is 5.75 Å². The van der Waals surface area contributed by atoms with Gasteiger partial charge in [-0.05, 0) is 48.7 Å². The molecule has 3 heteroatoms. The summed E-state index contributed by atoms with van der Waals surface area (Å²) in [5.41, 5.74) is 5.55. The summed E-state index contributed by atoms with van der Waals surface area (Å²) in [4.78, 5) is 0. The summed E-state index contributed by atoms with van der Waals surface area (Å²) in [5, 5.41) is 6.79. The Morgan fingerprint density at radius 1 is 0.923 bits per heavy atom. The molecular formula is C23H24N2O. The number of ether oxygens (including phenoxy) is 1. The summed E-state index contributed by atoms with van der Waals surface area (Å²) in [7, 11) is 1.70. The molecule has 0 fully saturated rings. The van der Waals surface area contributed by atoms with Gasteiger partial charge in [-0.15, -0.1) is 0 Å². The normalized spacial score (nSPS) is 10.9. The minimum Gasteiger partial charge on any atom is -0.496 e. The molecule has 0 N–H and O–H groups in total. The molecule has 3 rings (SSSR count). The van der Waals surface area contributed by atoms with Crippen LogP contribution in [0.5, 0.6) is 5.75 Å². The maximum atomic E-state index is 5.58. The molecule has 0 saturated heterocycles. The zero-order valence-electron chi connectivity index (χ0n) is 15.5. The van der Waals surface area contributed by atoms with Crippen LogP contribution in [-0.2, 0) is 6.54 Å². The summed E-state index contributed by atoms with van der Waals surface area (Å²) < 4.78 is 5.58. The van der Waals surface area contributed by atoms with Crippen LogP contribution < -0.4 is 9.75 Å². The quantitative estimate of drug-likeness (QED) is 0.444. The summed E-state index contributed by atoms with van der Waals surface area (Å²) >= 11 is 0. The fourth-order valence-electron chi connectivity index (χ4n) is 3.05. The molecule has 132 valence electrons. The zero-order chi connectivity index (χ0) is 18.4. The van der Waals surface area contributed by atoms with Gasteiger partial charge < -0.3 is 4.74 Å². The first-order valence-corrected chi connectivity index (χ1v) is 8.73. The number of aryl methyl sites for hydroxylation is 2. The van der Waals surface area contributed by atoms with Crippen LogP contribution in [0.3, 0.4) is 0 Å². The first-order chi connectivity index (χ1) is 12.7. The minimum atomic E-state index is 0.703. The van der Waals surface area contributed by atoms with Crippen LogP contribution in [0.1, 0.15) is 22.3 Å². The van der Waals surface area contributed by atoms with Crippen LogP contribution in [0, 0.1) is 13.8 Å². The smallest absolute Gasteiger partial charge is 0.130 e. The van der Waals surface area contributed by atoms with Crippen molar-refractivity contribution in [1.82, 2.24) is 0 Å². The van der Waals surface area contributed by atoms with Crippen LogP contribution in [0.2, 0.25) is 0 Å². The maximum Gasteiger partial charge on any atom is 0.130 e. The van der Waals surface area contributed by atoms with E-state index >= 15 is 0 Å². The summed E-state index contributed by atoms with van der Waals surface area (Å²) in [6.45, 7) is 4.85. The molecular weight excluding hydrogens is 320 g/mol. The summed E-state index contributed by atoms with van der Waals surface area (Å²) in [5.74, 6) is 0.868. The van der Waals surface area contributed by atoms with E-state index in [1.807, 2.05) is 35.5 Å². The Hall–Kier alpha value is -3.07. The average molecular weight is 344 g/mol. The van der Waals surface area contributed by atoms with E-state index in [2.05, 4.69) is 62.4 Å². The van der Waals surface area contributed by atoms with Crippen LogP contribution in [0.25, 0.3) is 0 Å². The van der Waals surface area contributed by atoms with Crippen molar-refractivity contribution < 1.29 is 4.74 Å². The van der Waals surface area contributed by atoms with Crippen molar-refractivity contribution in [2.75, 3.05) is 12.1 Å². The van der Waals surface area contributed by atoms with Crippen LogP contribution in [-0.4, -0.2) is 13.3 Å². The molecule has 0 aliphatic rings. The van der Waals surface area contributed by atoms with Crippen molar-refractivity contribution in [3.05, 3.63) is 95.1 Å². The predicted molar refractivity (Wildman–Crippen MR) is 109 cm³/mol. The predicted octanol–water partition coefficient (Wildman–Crippen LogP) is 5.35. The molecule has 0 aromatic heterocycles. The molecule has 0 aliphatic carbocycles. The first kappa shape index (κ1) is 17.7. The molecule has 3 aromatic rings. The van der Waals surface area contributed by atoms with Gasteiger partial charge in [-0.25, -0.2) is 0 Å². The van der Waals surface area contributed by atoms with Crippen molar-refractivity contribution in [3.8, 4) is 5.75 Å². The lowest BCUT2D eigenvalue weighted by molar-refractivity contribution is 0.411. The lowest BCUT2D eigenvalue weighted by Gasteiger charge is -2.19. The Morgan fingerprint density at radius 3 is 2.23 bits per heavy atom. The van der Waals surface area contributed by atoms with E-state index in [1.165, 1.54) is 11.1 Å². The number of para-hydroxylation sites is 1. The second-order valence-electron chi connectivity index (χ2n) is 6.33. The molecule has 3 aromatic carbocycles. The SMILES string of the molecule is COc1c(C)cc(C)cc1C=NN(Cc1ccccc1)c1ccccc1. The third-order valence-electron chi connectivity index (χ3n) is 4.22. The van der Waals surface area contributed by atoms with Gasteiger partial charge in [0, 0.05) is 5.56 Å². The van der Waals surface area contributed by atoms with Gasteiger partial charge in [0.25, 0.3) is 0 Å². The standard InChI is InChI=1S/C23H24N2O/c1-18-14-19(2)23(26-3)21(15-18)16-24-25(22-12-8-5-9-13-22)17-20-10-6-4-7-11-20/h4-16H,17H2,1-3H3. The zero-order valence-corrected chi connectivity index (χ0v) is 15.5. The Balaban J connectivity index is 1.94. The largest absolute Gasteiger partial charge is 0.496 e. The highest BCUT2D eigenvalue weighted by Crippen LogP contribution is 2.24. The van der Waals surface area contributed by atoms with Gasteiger partial charge in [0.2, 0.25) is 0 Å². The second kappa shape index (κ2) is 8.34. The van der Waals surface area contributed by atoms with Gasteiger partial charge in [0.05, 0.1) is 25.6 Å².